The van der Waals surface area contributed by atoms with Crippen LogP contribution in [0.4, 0.5) is 4.79 Å². The van der Waals surface area contributed by atoms with Crippen molar-refractivity contribution < 1.29 is 23.9 Å². The second-order valence-corrected chi connectivity index (χ2v) is 6.65. The fourth-order valence-electron chi connectivity index (χ4n) is 2.74. The Hall–Kier alpha value is -2.90. The van der Waals surface area contributed by atoms with Crippen LogP contribution >= 0.6 is 0 Å². The lowest BCUT2D eigenvalue weighted by molar-refractivity contribution is -0.151. The summed E-state index contributed by atoms with van der Waals surface area (Å²) in [6.07, 6.45) is 1.79. The molecule has 1 fully saturated rings. The van der Waals surface area contributed by atoms with Crippen LogP contribution in [0.2, 0.25) is 0 Å². The van der Waals surface area contributed by atoms with Crippen molar-refractivity contribution in [2.45, 2.75) is 38.6 Å². The molecule has 2 rings (SSSR count). The van der Waals surface area contributed by atoms with Gasteiger partial charge in [-0.15, -0.1) is 0 Å². The molecule has 0 bridgehead atoms. The number of nitrogens with one attached hydrogen (secondary N) is 2. The van der Waals surface area contributed by atoms with Crippen LogP contribution in [-0.4, -0.2) is 54.0 Å². The van der Waals surface area contributed by atoms with Gasteiger partial charge in [-0.25, -0.2) is 4.79 Å². The summed E-state index contributed by atoms with van der Waals surface area (Å²) < 4.78 is 4.83. The molecule has 1 aromatic rings. The summed E-state index contributed by atoms with van der Waals surface area (Å²) in [5.74, 6) is -1.71. The minimum atomic E-state index is -1.08. The highest BCUT2D eigenvalue weighted by Gasteiger charge is 2.48. The number of hydrogen-bond donors (Lipinski definition) is 2. The van der Waals surface area contributed by atoms with Crippen molar-refractivity contribution in [3.63, 3.8) is 0 Å². The number of esters is 1. The number of imide groups is 1. The number of benzene rings is 1. The highest BCUT2D eigenvalue weighted by molar-refractivity contribution is 6.08. The first-order valence-electron chi connectivity index (χ1n) is 8.96. The maximum atomic E-state index is 12.6. The lowest BCUT2D eigenvalue weighted by atomic mass is 9.93. The fraction of sp³-hybridized carbons (Fsp3) is 0.474. The van der Waals surface area contributed by atoms with Gasteiger partial charge in [-0.2, -0.15) is 0 Å². The zero-order valence-electron chi connectivity index (χ0n) is 15.6. The smallest absolute Gasteiger partial charge is 0.326 e. The number of amides is 4. The Kier molecular flexibility index (Phi) is 6.92. The Labute approximate surface area is 158 Å². The van der Waals surface area contributed by atoms with Gasteiger partial charge in [0.25, 0.3) is 11.8 Å². The van der Waals surface area contributed by atoms with Crippen LogP contribution in [0.25, 0.3) is 0 Å². The molecule has 1 aliphatic rings. The van der Waals surface area contributed by atoms with E-state index in [1.807, 2.05) is 37.3 Å². The Balaban J connectivity index is 1.87. The van der Waals surface area contributed by atoms with E-state index in [-0.39, 0.29) is 0 Å². The van der Waals surface area contributed by atoms with Gasteiger partial charge in [0.15, 0.2) is 6.61 Å². The third-order valence-corrected chi connectivity index (χ3v) is 4.33. The van der Waals surface area contributed by atoms with E-state index in [1.54, 1.807) is 6.92 Å². The zero-order valence-corrected chi connectivity index (χ0v) is 15.6. The van der Waals surface area contributed by atoms with Gasteiger partial charge in [0.1, 0.15) is 12.1 Å². The van der Waals surface area contributed by atoms with E-state index in [4.69, 9.17) is 4.74 Å². The fourth-order valence-corrected chi connectivity index (χ4v) is 2.74. The third kappa shape index (κ3) is 5.54. The van der Waals surface area contributed by atoms with Gasteiger partial charge < -0.3 is 15.4 Å². The molecule has 1 atom stereocenters. The highest BCUT2D eigenvalue weighted by Crippen LogP contribution is 2.23. The molecule has 2 N–H and O–H groups in total. The van der Waals surface area contributed by atoms with Crippen molar-refractivity contribution in [2.75, 3.05) is 19.7 Å². The molecule has 0 saturated carbocycles. The number of nitrogens with zero attached hydrogens (tertiary/aromatic N) is 1. The van der Waals surface area contributed by atoms with Gasteiger partial charge >= 0.3 is 12.0 Å². The van der Waals surface area contributed by atoms with Crippen LogP contribution in [0, 0.1) is 0 Å². The largest absolute Gasteiger partial charge is 0.454 e. The molecule has 0 unspecified atom stereocenters. The molecule has 146 valence electrons. The lowest BCUT2D eigenvalue weighted by Gasteiger charge is -2.21. The van der Waals surface area contributed by atoms with E-state index >= 15 is 0 Å². The number of carbonyl (C=O) groups is 4. The summed E-state index contributed by atoms with van der Waals surface area (Å²) in [7, 11) is 0. The summed E-state index contributed by atoms with van der Waals surface area (Å²) in [4.78, 5) is 48.9. The summed E-state index contributed by atoms with van der Waals surface area (Å²) in [6, 6.07) is 8.98. The van der Waals surface area contributed by atoms with Gasteiger partial charge in [-0.05, 0) is 31.7 Å². The molecular formula is C19H25N3O5. The van der Waals surface area contributed by atoms with Crippen LogP contribution in [-0.2, 0) is 25.5 Å². The molecule has 4 amide bonds. The highest BCUT2D eigenvalue weighted by atomic mass is 16.5. The molecule has 0 radical (unpaired) electrons. The molecule has 8 heteroatoms. The van der Waals surface area contributed by atoms with E-state index in [1.165, 1.54) is 0 Å². The normalized spacial score (nSPS) is 19.0. The number of ether oxygens (including phenoxy) is 1. The Morgan fingerprint density at radius 1 is 1.22 bits per heavy atom. The van der Waals surface area contributed by atoms with Crippen LogP contribution in [0.1, 0.15) is 32.3 Å². The number of urea groups is 1. The van der Waals surface area contributed by atoms with E-state index in [0.29, 0.717) is 19.4 Å². The van der Waals surface area contributed by atoms with Crippen molar-refractivity contribution in [2.24, 2.45) is 0 Å². The number of rotatable bonds is 9. The average Bonchev–Trinajstić information content (AvgIpc) is 2.87. The van der Waals surface area contributed by atoms with Crippen molar-refractivity contribution in [1.29, 1.82) is 0 Å². The first kappa shape index (κ1) is 20.4. The number of hydrogen-bond acceptors (Lipinski definition) is 5. The van der Waals surface area contributed by atoms with Crippen LogP contribution in [0.15, 0.2) is 30.3 Å². The minimum absolute atomic E-state index is 0.409. The molecule has 1 aliphatic heterocycles. The van der Waals surface area contributed by atoms with Gasteiger partial charge in [0.2, 0.25) is 0 Å². The van der Waals surface area contributed by atoms with Crippen molar-refractivity contribution in [1.82, 2.24) is 15.5 Å². The van der Waals surface area contributed by atoms with Crippen LogP contribution in [0.3, 0.4) is 0 Å². The number of aryl methyl sites for hydroxylation is 1. The molecule has 0 aliphatic carbocycles. The summed E-state index contributed by atoms with van der Waals surface area (Å²) in [5, 5.41) is 5.22. The van der Waals surface area contributed by atoms with E-state index < -0.39 is 42.5 Å². The minimum Gasteiger partial charge on any atom is -0.454 e. The standard InChI is InChI=1S/C19H25N3O5/c1-3-11-20-15(23)13-27-16(24)12-22-17(25)19(2,21-18(22)26)10-9-14-7-5-4-6-8-14/h4-8H,3,9-13H2,1-2H3,(H,20,23)(H,21,26)/t19-/m1/s1. The van der Waals surface area contributed by atoms with Gasteiger partial charge in [-0.1, -0.05) is 37.3 Å². The third-order valence-electron chi connectivity index (χ3n) is 4.33. The molecule has 27 heavy (non-hydrogen) atoms. The Morgan fingerprint density at radius 3 is 2.59 bits per heavy atom. The van der Waals surface area contributed by atoms with Crippen molar-refractivity contribution in [3.05, 3.63) is 35.9 Å². The first-order valence-corrected chi connectivity index (χ1v) is 8.96. The van der Waals surface area contributed by atoms with Gasteiger partial charge in [-0.3, -0.25) is 19.3 Å². The van der Waals surface area contributed by atoms with E-state index in [2.05, 4.69) is 10.6 Å². The molecule has 8 nitrogen and oxygen atoms in total. The van der Waals surface area contributed by atoms with Gasteiger partial charge in [0, 0.05) is 6.54 Å². The monoisotopic (exact) mass is 375 g/mol. The molecule has 0 spiro atoms. The topological polar surface area (TPSA) is 105 Å². The van der Waals surface area contributed by atoms with Crippen molar-refractivity contribution in [3.8, 4) is 0 Å². The van der Waals surface area contributed by atoms with Crippen LogP contribution in [0.5, 0.6) is 0 Å². The predicted molar refractivity (Wildman–Crippen MR) is 97.7 cm³/mol. The molecule has 1 aromatic carbocycles. The lowest BCUT2D eigenvalue weighted by Crippen LogP contribution is -2.44. The molecular weight excluding hydrogens is 350 g/mol. The van der Waals surface area contributed by atoms with Crippen LogP contribution < -0.4 is 10.6 Å². The van der Waals surface area contributed by atoms with Crippen molar-refractivity contribution >= 4 is 23.8 Å². The Bertz CT molecular complexity index is 707. The Morgan fingerprint density at radius 2 is 1.93 bits per heavy atom. The molecule has 1 saturated heterocycles. The molecule has 1 heterocycles. The first-order chi connectivity index (χ1) is 12.9. The second kappa shape index (κ2) is 9.16. The predicted octanol–water partition coefficient (Wildman–Crippen LogP) is 0.999. The maximum Gasteiger partial charge on any atom is 0.326 e. The quantitative estimate of drug-likeness (QED) is 0.495. The SMILES string of the molecule is CCCNC(=O)COC(=O)CN1C(=O)N[C@](C)(CCc2ccccc2)C1=O. The molecule has 0 aromatic heterocycles. The van der Waals surface area contributed by atoms with E-state index in [9.17, 15) is 19.2 Å². The number of carbonyl (C=O) groups excluding carboxylic acids is 4. The summed E-state index contributed by atoms with van der Waals surface area (Å²) >= 11 is 0. The zero-order chi connectivity index (χ0) is 19.9. The summed E-state index contributed by atoms with van der Waals surface area (Å²) in [5.41, 5.74) is -0.0251. The maximum absolute atomic E-state index is 12.6. The van der Waals surface area contributed by atoms with Gasteiger partial charge in [0.05, 0.1) is 0 Å². The summed E-state index contributed by atoms with van der Waals surface area (Å²) in [6.45, 7) is 3.07. The van der Waals surface area contributed by atoms with E-state index in [0.717, 1.165) is 16.9 Å². The average molecular weight is 375 g/mol. The second-order valence-electron chi connectivity index (χ2n) is 6.65.